The maximum Gasteiger partial charge on any atom is 0.297 e. The molecular formula is C44H48N4O9Si. The zero-order valence-electron chi connectivity index (χ0n) is 33.2. The third-order valence-electron chi connectivity index (χ3n) is 11.4. The molecule has 302 valence electrons. The molecule has 7 rings (SSSR count). The van der Waals surface area contributed by atoms with E-state index < -0.39 is 37.0 Å². The molecule has 1 saturated heterocycles. The number of anilines is 1. The lowest BCUT2D eigenvalue weighted by Gasteiger charge is -2.32. The molecule has 2 aliphatic heterocycles. The monoisotopic (exact) mass is 804 g/mol. The van der Waals surface area contributed by atoms with E-state index in [9.17, 15) is 24.3 Å². The Bertz CT molecular complexity index is 2450. The number of benzene rings is 3. The van der Waals surface area contributed by atoms with Crippen molar-refractivity contribution in [2.75, 3.05) is 32.3 Å². The smallest absolute Gasteiger partial charge is 0.297 e. The lowest BCUT2D eigenvalue weighted by atomic mass is 9.82. The first-order chi connectivity index (χ1) is 27.8. The number of carbonyl (C=O) groups excluding carboxylic acids is 2. The van der Waals surface area contributed by atoms with Crippen molar-refractivity contribution in [3.63, 3.8) is 0 Å². The Kier molecular flexibility index (Phi) is 11.3. The highest BCUT2D eigenvalue weighted by atomic mass is 28.4. The van der Waals surface area contributed by atoms with Gasteiger partial charge in [0.25, 0.3) is 17.0 Å². The number of nitrogens with zero attached hydrogens (tertiary/aromatic N) is 4. The van der Waals surface area contributed by atoms with Gasteiger partial charge >= 0.3 is 0 Å². The van der Waals surface area contributed by atoms with E-state index >= 15 is 4.79 Å². The van der Waals surface area contributed by atoms with Crippen LogP contribution in [-0.4, -0.2) is 77.5 Å². The highest BCUT2D eigenvalue weighted by molar-refractivity contribution is 6.71. The standard InChI is InChI=1S/C44H48N4O9Si/c1-29-40(58(4,5)54)38(26-39(50)45(22-23-49)27-30-12-7-6-8-13-30)57-44(29)34-25-33(47-21-11-17-37(56-3)42(47)52)18-19-35(34)48(43(44)53)28-31-14-9-15-32(24-31)46-20-10-16-36(55-2)41(46)51/h6-21,24-25,29,38,40,49,54H,22-23,26-28H2,1-5H3/t29-,38+,40-,44+/m0/s1. The summed E-state index contributed by atoms with van der Waals surface area (Å²) in [4.78, 5) is 71.2. The number of hydrogen-bond donors (Lipinski definition) is 2. The van der Waals surface area contributed by atoms with Gasteiger partial charge < -0.3 is 33.9 Å². The van der Waals surface area contributed by atoms with Crippen molar-refractivity contribution in [1.29, 1.82) is 0 Å². The molecule has 0 aliphatic carbocycles. The first-order valence-electron chi connectivity index (χ1n) is 19.2. The van der Waals surface area contributed by atoms with Crippen LogP contribution in [0.25, 0.3) is 11.4 Å². The van der Waals surface area contributed by atoms with Crippen LogP contribution in [0.2, 0.25) is 18.6 Å². The number of aliphatic hydroxyl groups is 1. The third kappa shape index (κ3) is 7.28. The Morgan fingerprint density at radius 1 is 0.828 bits per heavy atom. The molecule has 1 fully saturated rings. The van der Waals surface area contributed by atoms with Crippen molar-refractivity contribution < 1.29 is 33.7 Å². The summed E-state index contributed by atoms with van der Waals surface area (Å²) < 4.78 is 20.5. The Morgan fingerprint density at radius 2 is 1.45 bits per heavy atom. The molecule has 2 N–H and O–H groups in total. The fourth-order valence-electron chi connectivity index (χ4n) is 8.74. The Balaban J connectivity index is 1.32. The molecule has 2 aromatic heterocycles. The largest absolute Gasteiger partial charge is 0.491 e. The topological polar surface area (TPSA) is 153 Å². The van der Waals surface area contributed by atoms with E-state index in [1.807, 2.05) is 55.5 Å². The summed E-state index contributed by atoms with van der Waals surface area (Å²) in [5.41, 5.74) is 0.803. The molecule has 0 saturated carbocycles. The van der Waals surface area contributed by atoms with Crippen LogP contribution >= 0.6 is 0 Å². The molecule has 14 heteroatoms. The minimum atomic E-state index is -3.17. The molecule has 0 radical (unpaired) electrons. The van der Waals surface area contributed by atoms with Gasteiger partial charge in [-0.15, -0.1) is 0 Å². The number of amides is 2. The molecule has 2 amide bonds. The average Bonchev–Trinajstić information content (AvgIpc) is 3.63. The second-order valence-electron chi connectivity index (χ2n) is 15.4. The molecule has 4 atom stereocenters. The van der Waals surface area contributed by atoms with Gasteiger partial charge in [0.05, 0.1) is 45.6 Å². The molecule has 1 spiro atoms. The molecular weight excluding hydrogens is 757 g/mol. The van der Waals surface area contributed by atoms with Crippen molar-refractivity contribution >= 4 is 25.8 Å². The van der Waals surface area contributed by atoms with Crippen molar-refractivity contribution in [3.05, 3.63) is 147 Å². The van der Waals surface area contributed by atoms with Crippen LogP contribution in [0.3, 0.4) is 0 Å². The summed E-state index contributed by atoms with van der Waals surface area (Å²) in [5, 5.41) is 9.94. The van der Waals surface area contributed by atoms with E-state index in [0.717, 1.165) is 11.1 Å². The fourth-order valence-corrected chi connectivity index (χ4v) is 11.3. The molecule has 0 bridgehead atoms. The lowest BCUT2D eigenvalue weighted by Crippen LogP contribution is -2.46. The van der Waals surface area contributed by atoms with E-state index in [0.29, 0.717) is 22.6 Å². The number of ether oxygens (including phenoxy) is 3. The number of pyridine rings is 2. The highest BCUT2D eigenvalue weighted by Gasteiger charge is 2.66. The average molecular weight is 805 g/mol. The van der Waals surface area contributed by atoms with Crippen molar-refractivity contribution in [2.45, 2.75) is 56.8 Å². The van der Waals surface area contributed by atoms with Crippen LogP contribution in [0.4, 0.5) is 5.69 Å². The molecule has 13 nitrogen and oxygen atoms in total. The minimum absolute atomic E-state index is 0.0981. The van der Waals surface area contributed by atoms with Crippen LogP contribution < -0.4 is 25.5 Å². The van der Waals surface area contributed by atoms with E-state index in [4.69, 9.17) is 14.2 Å². The number of methoxy groups -OCH3 is 2. The molecule has 2 aliphatic rings. The molecule has 0 unspecified atom stereocenters. The maximum absolute atomic E-state index is 15.3. The van der Waals surface area contributed by atoms with Gasteiger partial charge in [0.2, 0.25) is 5.91 Å². The van der Waals surface area contributed by atoms with E-state index in [2.05, 4.69) is 0 Å². The fraction of sp³-hybridized carbons (Fsp3) is 0.318. The summed E-state index contributed by atoms with van der Waals surface area (Å²) in [5.74, 6) is -0.921. The molecule has 5 aromatic rings. The molecule has 58 heavy (non-hydrogen) atoms. The summed E-state index contributed by atoms with van der Waals surface area (Å²) in [7, 11) is -0.311. The van der Waals surface area contributed by atoms with Gasteiger partial charge in [-0.25, -0.2) is 0 Å². The molecule has 3 aromatic carbocycles. The van der Waals surface area contributed by atoms with Gasteiger partial charge in [-0.2, -0.15) is 0 Å². The second-order valence-corrected chi connectivity index (χ2v) is 19.3. The first-order valence-corrected chi connectivity index (χ1v) is 22.2. The minimum Gasteiger partial charge on any atom is -0.491 e. The van der Waals surface area contributed by atoms with Gasteiger partial charge in [-0.3, -0.25) is 28.3 Å². The second kappa shape index (κ2) is 16.2. The number of rotatable bonds is 13. The Labute approximate surface area is 337 Å². The number of fused-ring (bicyclic) bond motifs is 2. The third-order valence-corrected chi connectivity index (χ3v) is 13.9. The maximum atomic E-state index is 15.3. The number of aromatic nitrogens is 2. The predicted molar refractivity (Wildman–Crippen MR) is 221 cm³/mol. The SMILES string of the molecule is COc1cccn(-c2cccc(CN3C(=O)[C@]4(O[C@H](CC(=O)N(CCO)Cc5ccccc5)[C@@H]([Si](C)(C)O)[C@@H]4C)c4cc(-n5cccc(OC)c5=O)ccc43)c2)c1=O. The van der Waals surface area contributed by atoms with Gasteiger partial charge in [0.1, 0.15) is 0 Å². The van der Waals surface area contributed by atoms with Crippen LogP contribution in [0, 0.1) is 5.92 Å². The van der Waals surface area contributed by atoms with Gasteiger partial charge in [-0.05, 0) is 78.8 Å². The van der Waals surface area contributed by atoms with Crippen LogP contribution in [0.5, 0.6) is 11.5 Å². The van der Waals surface area contributed by atoms with Crippen molar-refractivity contribution in [3.8, 4) is 22.9 Å². The van der Waals surface area contributed by atoms with Gasteiger partial charge in [0, 0.05) is 53.9 Å². The zero-order chi connectivity index (χ0) is 41.4. The number of aliphatic hydroxyl groups excluding tert-OH is 1. The van der Waals surface area contributed by atoms with Crippen LogP contribution in [0.15, 0.2) is 119 Å². The van der Waals surface area contributed by atoms with Gasteiger partial charge in [0.15, 0.2) is 25.4 Å². The van der Waals surface area contributed by atoms with E-state index in [-0.39, 0.29) is 61.5 Å². The zero-order valence-corrected chi connectivity index (χ0v) is 34.2. The van der Waals surface area contributed by atoms with Crippen LogP contribution in [-0.2, 0) is 33.0 Å². The quantitative estimate of drug-likeness (QED) is 0.161. The predicted octanol–water partition coefficient (Wildman–Crippen LogP) is 4.76. The van der Waals surface area contributed by atoms with E-state index in [1.165, 1.54) is 23.4 Å². The molecule has 4 heterocycles. The highest BCUT2D eigenvalue weighted by Crippen LogP contribution is 2.60. The Morgan fingerprint density at radius 3 is 2.05 bits per heavy atom. The summed E-state index contributed by atoms with van der Waals surface area (Å²) in [6.07, 6.45) is 2.29. The normalized spacial score (nSPS) is 20.0. The first kappa shape index (κ1) is 40.4. The van der Waals surface area contributed by atoms with Crippen LogP contribution in [0.1, 0.15) is 30.0 Å². The van der Waals surface area contributed by atoms with Crippen molar-refractivity contribution in [1.82, 2.24) is 14.0 Å². The Hall–Kier alpha value is -5.80. The number of hydrogen-bond acceptors (Lipinski definition) is 9. The van der Waals surface area contributed by atoms with E-state index in [1.54, 1.807) is 83.8 Å². The summed E-state index contributed by atoms with van der Waals surface area (Å²) in [6.45, 7) is 5.70. The van der Waals surface area contributed by atoms with Crippen molar-refractivity contribution in [2.24, 2.45) is 5.92 Å². The number of carbonyl (C=O) groups is 2. The summed E-state index contributed by atoms with van der Waals surface area (Å²) in [6, 6.07) is 28.7. The lowest BCUT2D eigenvalue weighted by molar-refractivity contribution is -0.150. The van der Waals surface area contributed by atoms with Gasteiger partial charge in [-0.1, -0.05) is 49.4 Å². The summed E-state index contributed by atoms with van der Waals surface area (Å²) >= 11 is 0.